The number of hydrogen-bond donors (Lipinski definition) is 0. The van der Waals surface area contributed by atoms with Gasteiger partial charge in [-0.25, -0.2) is 9.97 Å². The predicted octanol–water partition coefficient (Wildman–Crippen LogP) is 12.5. The second-order valence-electron chi connectivity index (χ2n) is 14.2. The Balaban J connectivity index is 1.21. The van der Waals surface area contributed by atoms with Gasteiger partial charge in [-0.15, -0.1) is 0 Å². The molecule has 4 nitrogen and oxygen atoms in total. The van der Waals surface area contributed by atoms with E-state index in [0.29, 0.717) is 5.82 Å². The largest absolute Gasteiger partial charge is 0.457 e. The van der Waals surface area contributed by atoms with Crippen molar-refractivity contribution in [2.24, 2.45) is 0 Å². The van der Waals surface area contributed by atoms with E-state index in [1.165, 1.54) is 22.3 Å². The third-order valence-electron chi connectivity index (χ3n) is 11.1. The van der Waals surface area contributed by atoms with Crippen molar-refractivity contribution in [3.8, 4) is 56.5 Å². The zero-order valence-electron chi connectivity index (χ0n) is 29.2. The van der Waals surface area contributed by atoms with Gasteiger partial charge in [0.2, 0.25) is 0 Å². The molecule has 0 bridgehead atoms. The zero-order chi connectivity index (χ0) is 35.3. The van der Waals surface area contributed by atoms with Gasteiger partial charge in [0.1, 0.15) is 22.7 Å². The summed E-state index contributed by atoms with van der Waals surface area (Å²) < 4.78 is 13.2. The van der Waals surface area contributed by atoms with Crippen molar-refractivity contribution in [1.29, 1.82) is 0 Å². The number of aryl methyl sites for hydroxylation is 2. The van der Waals surface area contributed by atoms with Crippen molar-refractivity contribution in [2.75, 3.05) is 0 Å². The number of hydrogen-bond acceptors (Lipinski definition) is 4. The van der Waals surface area contributed by atoms with E-state index in [0.717, 1.165) is 83.8 Å². The second kappa shape index (κ2) is 11.1. The highest BCUT2D eigenvalue weighted by Crippen LogP contribution is 2.63. The molecular formula is C49H32N2O2. The lowest BCUT2D eigenvalue weighted by molar-refractivity contribution is 0.436. The third-order valence-corrected chi connectivity index (χ3v) is 11.1. The number of benzene rings is 7. The molecule has 9 aromatic rings. The van der Waals surface area contributed by atoms with Crippen LogP contribution >= 0.6 is 0 Å². The van der Waals surface area contributed by atoms with Crippen LogP contribution in [0.5, 0.6) is 11.5 Å². The Hall–Kier alpha value is -6.78. The fraction of sp³-hybridized carbons (Fsp3) is 0.0612. The van der Waals surface area contributed by atoms with E-state index in [4.69, 9.17) is 19.1 Å². The van der Waals surface area contributed by atoms with Gasteiger partial charge in [0.25, 0.3) is 0 Å². The first-order valence-corrected chi connectivity index (χ1v) is 18.1. The number of para-hydroxylation sites is 2. The SMILES string of the molecule is Cc1ccc2c(c1)Oc1ccccc1C21c2ccccc2-c2c(-c3cc(-c4ccccc4)nc(-c4cccc5c4oc4cc(C)ccc45)n3)cccc21. The zero-order valence-corrected chi connectivity index (χ0v) is 29.2. The number of ether oxygens (including phenoxy) is 1. The van der Waals surface area contributed by atoms with Gasteiger partial charge in [-0.1, -0.05) is 127 Å². The van der Waals surface area contributed by atoms with E-state index < -0.39 is 5.41 Å². The highest BCUT2D eigenvalue weighted by molar-refractivity contribution is 6.09. The van der Waals surface area contributed by atoms with Crippen molar-refractivity contribution >= 4 is 21.9 Å². The molecule has 0 fully saturated rings. The molecule has 1 unspecified atom stereocenters. The molecule has 250 valence electrons. The smallest absolute Gasteiger partial charge is 0.164 e. The first-order chi connectivity index (χ1) is 26.1. The molecule has 2 aromatic heterocycles. The van der Waals surface area contributed by atoms with Crippen LogP contribution < -0.4 is 4.74 Å². The van der Waals surface area contributed by atoms with E-state index in [1.54, 1.807) is 0 Å². The summed E-state index contributed by atoms with van der Waals surface area (Å²) in [7, 11) is 0. The standard InChI is InChI=1S/C49H32N2O2/c1-29-22-24-32-33-15-10-17-36(47(33)53-44(32)26-29)48-50-41(31-12-4-3-5-13-31)28-42(51-48)35-16-11-20-40-46(35)34-14-6-7-18-37(34)49(40)38-19-8-9-21-43(38)52-45-27-30(2)23-25-39(45)49/h3-28H,1-2H3. The molecule has 0 saturated carbocycles. The molecule has 53 heavy (non-hydrogen) atoms. The minimum absolute atomic E-state index is 0.573. The molecule has 11 rings (SSSR count). The molecule has 3 heterocycles. The number of nitrogens with zero attached hydrogens (tertiary/aromatic N) is 2. The highest BCUT2D eigenvalue weighted by Gasteiger charge is 2.51. The fourth-order valence-electron chi connectivity index (χ4n) is 8.82. The normalized spacial score (nSPS) is 15.2. The van der Waals surface area contributed by atoms with Crippen LogP contribution in [0.1, 0.15) is 33.4 Å². The maximum atomic E-state index is 6.65. The predicted molar refractivity (Wildman–Crippen MR) is 212 cm³/mol. The van der Waals surface area contributed by atoms with Crippen LogP contribution in [0.4, 0.5) is 0 Å². The quantitative estimate of drug-likeness (QED) is 0.186. The average molecular weight is 681 g/mol. The first-order valence-electron chi connectivity index (χ1n) is 18.1. The minimum atomic E-state index is -0.573. The summed E-state index contributed by atoms with van der Waals surface area (Å²) in [5.41, 5.74) is 15.1. The molecular weight excluding hydrogens is 649 g/mol. The Labute approximate surface area is 307 Å². The lowest BCUT2D eigenvalue weighted by Crippen LogP contribution is -2.32. The molecule has 0 radical (unpaired) electrons. The Kier molecular flexibility index (Phi) is 6.27. The fourth-order valence-corrected chi connectivity index (χ4v) is 8.82. The molecule has 1 aliphatic carbocycles. The Morgan fingerprint density at radius 1 is 0.472 bits per heavy atom. The molecule has 4 heteroatoms. The van der Waals surface area contributed by atoms with Gasteiger partial charge >= 0.3 is 0 Å². The van der Waals surface area contributed by atoms with E-state index in [-0.39, 0.29) is 0 Å². The summed E-state index contributed by atoms with van der Waals surface area (Å²) in [5.74, 6) is 2.39. The Morgan fingerprint density at radius 3 is 2.06 bits per heavy atom. The van der Waals surface area contributed by atoms with Crippen LogP contribution in [0, 0.1) is 13.8 Å². The summed E-state index contributed by atoms with van der Waals surface area (Å²) in [5, 5.41) is 2.14. The van der Waals surface area contributed by atoms with Gasteiger partial charge < -0.3 is 9.15 Å². The average Bonchev–Trinajstić information content (AvgIpc) is 3.71. The molecule has 1 atom stereocenters. The van der Waals surface area contributed by atoms with Crippen molar-refractivity contribution in [2.45, 2.75) is 19.3 Å². The molecule has 1 aliphatic heterocycles. The van der Waals surface area contributed by atoms with Gasteiger partial charge in [0.05, 0.1) is 22.4 Å². The number of rotatable bonds is 3. The van der Waals surface area contributed by atoms with Crippen molar-refractivity contribution in [3.05, 3.63) is 191 Å². The summed E-state index contributed by atoms with van der Waals surface area (Å²) >= 11 is 0. The number of aromatic nitrogens is 2. The van der Waals surface area contributed by atoms with Crippen molar-refractivity contribution in [3.63, 3.8) is 0 Å². The first kappa shape index (κ1) is 29.9. The highest BCUT2D eigenvalue weighted by atomic mass is 16.5. The number of furan rings is 1. The van der Waals surface area contributed by atoms with Crippen LogP contribution in [0.3, 0.4) is 0 Å². The Bertz CT molecular complexity index is 2960. The number of fused-ring (bicyclic) bond motifs is 12. The monoisotopic (exact) mass is 680 g/mol. The molecule has 0 amide bonds. The van der Waals surface area contributed by atoms with Crippen LogP contribution in [0.25, 0.3) is 67.0 Å². The van der Waals surface area contributed by atoms with Gasteiger partial charge in [-0.05, 0) is 77.6 Å². The van der Waals surface area contributed by atoms with E-state index in [2.05, 4.69) is 166 Å². The van der Waals surface area contributed by atoms with Crippen LogP contribution in [-0.4, -0.2) is 9.97 Å². The van der Waals surface area contributed by atoms with Gasteiger partial charge in [0.15, 0.2) is 5.82 Å². The summed E-state index contributed by atoms with van der Waals surface area (Å²) in [4.78, 5) is 10.7. The Morgan fingerprint density at radius 2 is 1.15 bits per heavy atom. The molecule has 7 aromatic carbocycles. The summed E-state index contributed by atoms with van der Waals surface area (Å²) in [6.45, 7) is 4.21. The van der Waals surface area contributed by atoms with Crippen LogP contribution in [0.2, 0.25) is 0 Å². The molecule has 0 saturated heterocycles. The maximum Gasteiger partial charge on any atom is 0.164 e. The second-order valence-corrected chi connectivity index (χ2v) is 14.2. The summed E-state index contributed by atoms with van der Waals surface area (Å²) in [6, 6.07) is 55.8. The lowest BCUT2D eigenvalue weighted by Gasteiger charge is -2.39. The van der Waals surface area contributed by atoms with Gasteiger partial charge in [-0.3, -0.25) is 0 Å². The van der Waals surface area contributed by atoms with Crippen LogP contribution in [0.15, 0.2) is 162 Å². The summed E-state index contributed by atoms with van der Waals surface area (Å²) in [6.07, 6.45) is 0. The molecule has 0 N–H and O–H groups in total. The third kappa shape index (κ3) is 4.24. The van der Waals surface area contributed by atoms with E-state index in [9.17, 15) is 0 Å². The van der Waals surface area contributed by atoms with Crippen molar-refractivity contribution in [1.82, 2.24) is 9.97 Å². The van der Waals surface area contributed by atoms with E-state index in [1.807, 2.05) is 6.07 Å². The lowest BCUT2D eigenvalue weighted by atomic mass is 9.66. The molecule has 1 spiro atoms. The van der Waals surface area contributed by atoms with Crippen molar-refractivity contribution < 1.29 is 9.15 Å². The maximum absolute atomic E-state index is 6.65. The topological polar surface area (TPSA) is 48.2 Å². The van der Waals surface area contributed by atoms with E-state index >= 15 is 0 Å². The van der Waals surface area contributed by atoms with Crippen LogP contribution in [-0.2, 0) is 5.41 Å². The minimum Gasteiger partial charge on any atom is -0.457 e. The van der Waals surface area contributed by atoms with Gasteiger partial charge in [0, 0.05) is 33.0 Å². The molecule has 2 aliphatic rings. The van der Waals surface area contributed by atoms with Gasteiger partial charge in [-0.2, -0.15) is 0 Å².